The smallest absolute Gasteiger partial charge is 0.354 e. The lowest BCUT2D eigenvalue weighted by atomic mass is 10.2. The van der Waals surface area contributed by atoms with Crippen LogP contribution in [0.25, 0.3) is 0 Å². The van der Waals surface area contributed by atoms with Crippen molar-refractivity contribution in [2.24, 2.45) is 0 Å². The molecule has 2 N–H and O–H groups in total. The highest BCUT2D eigenvalue weighted by Gasteiger charge is 2.13. The molecule has 0 aromatic carbocycles. The molecule has 19 heavy (non-hydrogen) atoms. The molecule has 2 rings (SSSR count). The molecule has 2 aromatic rings. The van der Waals surface area contributed by atoms with E-state index >= 15 is 0 Å². The maximum absolute atomic E-state index is 11.7. The van der Waals surface area contributed by atoms with Crippen LogP contribution in [0.3, 0.4) is 0 Å². The summed E-state index contributed by atoms with van der Waals surface area (Å²) < 4.78 is 4.81. The van der Waals surface area contributed by atoms with E-state index in [0.29, 0.717) is 11.1 Å². The van der Waals surface area contributed by atoms with E-state index in [-0.39, 0.29) is 23.9 Å². The van der Waals surface area contributed by atoms with E-state index in [1.165, 1.54) is 18.5 Å². The van der Waals surface area contributed by atoms with Crippen LogP contribution >= 0.6 is 0 Å². The highest BCUT2D eigenvalue weighted by Crippen LogP contribution is 2.06. The molecule has 1 amide bonds. The first kappa shape index (κ1) is 12.7. The van der Waals surface area contributed by atoms with Crippen molar-refractivity contribution in [3.63, 3.8) is 0 Å². The number of amides is 1. The summed E-state index contributed by atoms with van der Waals surface area (Å²) in [5.74, 6) is -1.31. The Morgan fingerprint density at radius 1 is 1.37 bits per heavy atom. The maximum Gasteiger partial charge on any atom is 0.354 e. The Kier molecular flexibility index (Phi) is 3.56. The van der Waals surface area contributed by atoms with E-state index in [2.05, 4.69) is 15.5 Å². The van der Waals surface area contributed by atoms with Crippen LogP contribution in [0, 0.1) is 6.92 Å². The lowest BCUT2D eigenvalue weighted by molar-refractivity contribution is 0.0690. The molecule has 2 aromatic heterocycles. The first-order chi connectivity index (χ1) is 9.08. The van der Waals surface area contributed by atoms with E-state index < -0.39 is 5.97 Å². The number of nitrogens with zero attached hydrogens (tertiary/aromatic N) is 2. The number of hydrogen-bond donors (Lipinski definition) is 2. The average molecular weight is 261 g/mol. The fraction of sp³-hybridized carbons (Fsp3) is 0.167. The number of aromatic nitrogens is 2. The van der Waals surface area contributed by atoms with Gasteiger partial charge in [0.25, 0.3) is 5.91 Å². The number of carboxylic acids is 1. The second kappa shape index (κ2) is 5.30. The van der Waals surface area contributed by atoms with Gasteiger partial charge in [-0.1, -0.05) is 11.2 Å². The molecule has 0 saturated heterocycles. The number of carboxylic acid groups (broad SMARTS) is 1. The van der Waals surface area contributed by atoms with E-state index in [4.69, 9.17) is 9.63 Å². The lowest BCUT2D eigenvalue weighted by Crippen LogP contribution is -2.23. The molecule has 0 atom stereocenters. The van der Waals surface area contributed by atoms with Crippen molar-refractivity contribution in [3.8, 4) is 0 Å². The number of hydrogen-bond acceptors (Lipinski definition) is 5. The number of rotatable bonds is 4. The SMILES string of the molecule is Cc1cnoc1C(=O)NCc1ccc(C(=O)O)nc1. The van der Waals surface area contributed by atoms with Crippen LogP contribution in [0.15, 0.2) is 29.0 Å². The number of aryl methyl sites for hydroxylation is 1. The fourth-order valence-electron chi connectivity index (χ4n) is 1.43. The van der Waals surface area contributed by atoms with Gasteiger partial charge in [-0.3, -0.25) is 4.79 Å². The number of carbonyl (C=O) groups is 2. The van der Waals surface area contributed by atoms with Gasteiger partial charge in [-0.2, -0.15) is 0 Å². The van der Waals surface area contributed by atoms with E-state index in [1.807, 2.05) is 0 Å². The zero-order valence-corrected chi connectivity index (χ0v) is 10.1. The number of nitrogens with one attached hydrogen (secondary N) is 1. The molecule has 7 heteroatoms. The van der Waals surface area contributed by atoms with Crippen molar-refractivity contribution in [1.29, 1.82) is 0 Å². The van der Waals surface area contributed by atoms with Gasteiger partial charge in [-0.05, 0) is 18.6 Å². The number of aromatic carboxylic acids is 1. The Labute approximate surface area is 108 Å². The normalized spacial score (nSPS) is 10.2. The second-order valence-electron chi connectivity index (χ2n) is 3.88. The predicted molar refractivity (Wildman–Crippen MR) is 63.6 cm³/mol. The molecule has 0 bridgehead atoms. The van der Waals surface area contributed by atoms with Gasteiger partial charge in [-0.25, -0.2) is 9.78 Å². The van der Waals surface area contributed by atoms with Crippen molar-refractivity contribution < 1.29 is 19.2 Å². The van der Waals surface area contributed by atoms with E-state index in [0.717, 1.165) is 0 Å². The van der Waals surface area contributed by atoms with Gasteiger partial charge in [0, 0.05) is 18.3 Å². The molecule has 2 heterocycles. The molecule has 0 fully saturated rings. The molecule has 98 valence electrons. The summed E-state index contributed by atoms with van der Waals surface area (Å²) >= 11 is 0. The van der Waals surface area contributed by atoms with Gasteiger partial charge in [0.1, 0.15) is 5.69 Å². The lowest BCUT2D eigenvalue weighted by Gasteiger charge is -2.03. The number of carbonyl (C=O) groups excluding carboxylic acids is 1. The van der Waals surface area contributed by atoms with Crippen LogP contribution < -0.4 is 5.32 Å². The second-order valence-corrected chi connectivity index (χ2v) is 3.88. The largest absolute Gasteiger partial charge is 0.477 e. The summed E-state index contributed by atoms with van der Waals surface area (Å²) in [6.45, 7) is 1.94. The Balaban J connectivity index is 1.97. The first-order valence-corrected chi connectivity index (χ1v) is 5.45. The fourth-order valence-corrected chi connectivity index (χ4v) is 1.43. The molecule has 0 radical (unpaired) electrons. The topological polar surface area (TPSA) is 105 Å². The standard InChI is InChI=1S/C12H11N3O4/c1-7-4-15-19-10(7)11(16)14-6-8-2-3-9(12(17)18)13-5-8/h2-5H,6H2,1H3,(H,14,16)(H,17,18). The molecule has 0 aliphatic rings. The van der Waals surface area contributed by atoms with Crippen LogP contribution in [0.4, 0.5) is 0 Å². The van der Waals surface area contributed by atoms with Gasteiger partial charge in [0.15, 0.2) is 0 Å². The predicted octanol–water partition coefficient (Wildman–Crippen LogP) is 1.01. The monoisotopic (exact) mass is 261 g/mol. The zero-order valence-electron chi connectivity index (χ0n) is 10.1. The third-order valence-electron chi connectivity index (χ3n) is 2.45. The third-order valence-corrected chi connectivity index (χ3v) is 2.45. The summed E-state index contributed by atoms with van der Waals surface area (Å²) in [5.41, 5.74) is 1.30. The Morgan fingerprint density at radius 3 is 2.68 bits per heavy atom. The van der Waals surface area contributed by atoms with Gasteiger partial charge in [0.2, 0.25) is 5.76 Å². The van der Waals surface area contributed by atoms with Gasteiger partial charge in [-0.15, -0.1) is 0 Å². The molecule has 7 nitrogen and oxygen atoms in total. The van der Waals surface area contributed by atoms with Crippen LogP contribution in [-0.4, -0.2) is 27.1 Å². The Hall–Kier alpha value is -2.70. The van der Waals surface area contributed by atoms with E-state index in [1.54, 1.807) is 13.0 Å². The summed E-state index contributed by atoms with van der Waals surface area (Å²) in [7, 11) is 0. The van der Waals surface area contributed by atoms with Crippen molar-refractivity contribution in [2.45, 2.75) is 13.5 Å². The molecular formula is C12H11N3O4. The minimum absolute atomic E-state index is 0.0406. The van der Waals surface area contributed by atoms with Crippen molar-refractivity contribution in [3.05, 3.63) is 47.1 Å². The van der Waals surface area contributed by atoms with Crippen molar-refractivity contribution >= 4 is 11.9 Å². The first-order valence-electron chi connectivity index (χ1n) is 5.45. The zero-order chi connectivity index (χ0) is 13.8. The van der Waals surface area contributed by atoms with Gasteiger partial charge >= 0.3 is 5.97 Å². The molecule has 0 unspecified atom stereocenters. The molecule has 0 saturated carbocycles. The quantitative estimate of drug-likeness (QED) is 0.850. The minimum atomic E-state index is -1.09. The third kappa shape index (κ3) is 2.95. The minimum Gasteiger partial charge on any atom is -0.477 e. The van der Waals surface area contributed by atoms with E-state index in [9.17, 15) is 9.59 Å². The van der Waals surface area contributed by atoms with Crippen LogP contribution in [0.2, 0.25) is 0 Å². The summed E-state index contributed by atoms with van der Waals surface area (Å²) in [4.78, 5) is 26.1. The molecule has 0 aliphatic heterocycles. The average Bonchev–Trinajstić information content (AvgIpc) is 2.83. The molecule has 0 spiro atoms. The highest BCUT2D eigenvalue weighted by molar-refractivity contribution is 5.92. The molecular weight excluding hydrogens is 250 g/mol. The summed E-state index contributed by atoms with van der Waals surface area (Å²) in [5, 5.41) is 14.8. The summed E-state index contributed by atoms with van der Waals surface area (Å²) in [6, 6.07) is 2.97. The van der Waals surface area contributed by atoms with Gasteiger partial charge < -0.3 is 14.9 Å². The molecule has 0 aliphatic carbocycles. The van der Waals surface area contributed by atoms with Crippen molar-refractivity contribution in [2.75, 3.05) is 0 Å². The highest BCUT2D eigenvalue weighted by atomic mass is 16.5. The van der Waals surface area contributed by atoms with Crippen LogP contribution in [-0.2, 0) is 6.54 Å². The van der Waals surface area contributed by atoms with Crippen LogP contribution in [0.1, 0.15) is 32.2 Å². The Bertz CT molecular complexity index is 604. The maximum atomic E-state index is 11.7. The summed E-state index contributed by atoms with van der Waals surface area (Å²) in [6.07, 6.45) is 2.86. The van der Waals surface area contributed by atoms with Gasteiger partial charge in [0.05, 0.1) is 6.20 Å². The Morgan fingerprint density at radius 2 is 2.16 bits per heavy atom. The van der Waals surface area contributed by atoms with Crippen molar-refractivity contribution in [1.82, 2.24) is 15.5 Å². The number of pyridine rings is 1. The van der Waals surface area contributed by atoms with Crippen LogP contribution in [0.5, 0.6) is 0 Å².